The fourth-order valence-electron chi connectivity index (χ4n) is 6.00. The molecule has 0 fully saturated rings. The van der Waals surface area contributed by atoms with Gasteiger partial charge in [0.05, 0.1) is 21.9 Å². The third-order valence-electron chi connectivity index (χ3n) is 9.16. The van der Waals surface area contributed by atoms with Crippen LogP contribution in [0.3, 0.4) is 0 Å². The molecule has 1 amide bonds. The van der Waals surface area contributed by atoms with Crippen LogP contribution in [0.4, 0.5) is 16.4 Å². The summed E-state index contributed by atoms with van der Waals surface area (Å²) in [4.78, 5) is 38.4. The molecule has 7 aromatic rings. The highest BCUT2D eigenvalue weighted by Gasteiger charge is 2.29. The van der Waals surface area contributed by atoms with Crippen LogP contribution >= 0.6 is 16.1 Å². The minimum atomic E-state index is -0.833. The van der Waals surface area contributed by atoms with Crippen LogP contribution in [-0.4, -0.2) is 69.8 Å². The number of rotatable bonds is 10. The van der Waals surface area contributed by atoms with Crippen LogP contribution in [0.25, 0.3) is 44.6 Å². The van der Waals surface area contributed by atoms with E-state index in [0.29, 0.717) is 34.9 Å². The summed E-state index contributed by atoms with van der Waals surface area (Å²) >= 11 is 3.27. The normalized spacial score (nSPS) is 11.3. The number of aryl methyl sites for hydroxylation is 2. The van der Waals surface area contributed by atoms with Gasteiger partial charge in [-0.15, -0.1) is 0 Å². The zero-order valence-electron chi connectivity index (χ0n) is 34.1. The summed E-state index contributed by atoms with van der Waals surface area (Å²) in [6.45, 7) is 14.5. The van der Waals surface area contributed by atoms with Gasteiger partial charge in [0.15, 0.2) is 11.3 Å². The van der Waals surface area contributed by atoms with E-state index in [1.54, 1.807) is 4.68 Å². The number of halogens is 1. The fraction of sp³-hybridized carbons (Fsp3) is 0.286. The second-order valence-electron chi connectivity index (χ2n) is 15.0. The number of alkyl carbamates (subject to hydrolysis) is 1. The summed E-state index contributed by atoms with van der Waals surface area (Å²) in [6, 6.07) is 25.8. The van der Waals surface area contributed by atoms with E-state index in [9.17, 15) is 4.79 Å². The van der Waals surface area contributed by atoms with Crippen molar-refractivity contribution in [2.24, 2.45) is 0 Å². The Morgan fingerprint density at radius 1 is 0.712 bits per heavy atom. The summed E-state index contributed by atoms with van der Waals surface area (Å²) < 4.78 is 12.0. The number of benzene rings is 3. The highest BCUT2D eigenvalue weighted by atomic mass is 79.9. The van der Waals surface area contributed by atoms with Crippen LogP contribution in [0.15, 0.2) is 91.5 Å². The van der Waals surface area contributed by atoms with E-state index in [1.165, 1.54) is 18.2 Å². The molecule has 59 heavy (non-hydrogen) atoms. The van der Waals surface area contributed by atoms with Gasteiger partial charge in [0.25, 0.3) is 5.97 Å². The first-order valence-electron chi connectivity index (χ1n) is 18.6. The van der Waals surface area contributed by atoms with E-state index in [4.69, 9.17) is 36.3 Å². The molecule has 0 aliphatic carbocycles. The Bertz CT molecular complexity index is 2520. The Labute approximate surface area is 350 Å². The first-order chi connectivity index (χ1) is 28.0. The van der Waals surface area contributed by atoms with Gasteiger partial charge in [-0.2, -0.15) is 10.2 Å². The van der Waals surface area contributed by atoms with Gasteiger partial charge in [0, 0.05) is 47.3 Å². The predicted molar refractivity (Wildman–Crippen MR) is 233 cm³/mol. The number of nitrogens with two attached hydrogens (primary N) is 2. The number of nitrogens with zero attached hydrogens (tertiary/aromatic N) is 8. The lowest BCUT2D eigenvalue weighted by molar-refractivity contribution is -0.134. The van der Waals surface area contributed by atoms with Crippen molar-refractivity contribution in [2.45, 2.75) is 66.2 Å². The van der Waals surface area contributed by atoms with Crippen LogP contribution in [0.1, 0.15) is 51.3 Å². The van der Waals surface area contributed by atoms with E-state index in [0.717, 1.165) is 45.9 Å². The smallest absolute Gasteiger partial charge is 0.407 e. The quantitative estimate of drug-likeness (QED) is 0.0862. The number of fused-ring (bicyclic) bond motifs is 2. The van der Waals surface area contributed by atoms with Gasteiger partial charge in [0.1, 0.15) is 42.3 Å². The molecule has 0 aliphatic rings. The Morgan fingerprint density at radius 2 is 1.14 bits per heavy atom. The number of aromatic nitrogens is 8. The standard InChI is InChI=1S/C24H26N6O2.C16H19BrN6.C2H4O2/c1-16-9-11-18(12-10-16)20-19-21(25)27-15-28-22(19)30(29-20)24(2,3)14-26-23(31)32-13-17-7-5-4-6-8-17;1-10-4-6-11(7-5-10)13-12-14(18)19-9-20-15(12)23(22-13)16(2,3)8-21-17;1-2(3)4/h4-12,15H,13-14H2,1-3H3,(H,26,31)(H2,25,27,28);4-7,9,21H,8H2,1-3H3,(H2,18,19,20);1H3,(H,3,4). The van der Waals surface area contributed by atoms with Crippen molar-refractivity contribution in [2.75, 3.05) is 24.6 Å². The van der Waals surface area contributed by atoms with E-state index >= 15 is 0 Å². The molecule has 7 N–H and O–H groups in total. The van der Waals surface area contributed by atoms with Crippen LogP contribution < -0.4 is 21.1 Å². The summed E-state index contributed by atoms with van der Waals surface area (Å²) in [7, 11) is 0. The molecular weight excluding hydrogens is 816 g/mol. The number of ether oxygens (including phenoxy) is 1. The average Bonchev–Trinajstić information content (AvgIpc) is 3.80. The topological polar surface area (TPSA) is 227 Å². The van der Waals surface area contributed by atoms with Crippen LogP contribution in [0.2, 0.25) is 0 Å². The molecule has 0 bridgehead atoms. The van der Waals surface area contributed by atoms with Gasteiger partial charge in [-0.05, 0) is 47.1 Å². The Morgan fingerprint density at radius 3 is 1.56 bits per heavy atom. The maximum absolute atomic E-state index is 12.3. The highest BCUT2D eigenvalue weighted by molar-refractivity contribution is 9.08. The SMILES string of the molecule is CC(=O)O.Cc1ccc(-c2nn(C(C)(C)CNBr)c3ncnc(N)c23)cc1.Cc1ccc(-c2nn(C(C)(C)CNC(=O)OCc3ccccc3)c3ncnc(N)c23)cc1. The lowest BCUT2D eigenvalue weighted by Gasteiger charge is -2.26. The van der Waals surface area contributed by atoms with E-state index in [2.05, 4.69) is 78.6 Å². The van der Waals surface area contributed by atoms with Gasteiger partial charge in [0.2, 0.25) is 0 Å². The van der Waals surface area contributed by atoms with Gasteiger partial charge in [-0.1, -0.05) is 90.0 Å². The molecular formula is C42H49BrN12O4. The van der Waals surface area contributed by atoms with Crippen molar-refractivity contribution in [3.05, 3.63) is 108 Å². The van der Waals surface area contributed by atoms with Gasteiger partial charge < -0.3 is 26.6 Å². The van der Waals surface area contributed by atoms with Crippen LogP contribution in [-0.2, 0) is 27.2 Å². The van der Waals surface area contributed by atoms with Crippen molar-refractivity contribution in [3.63, 3.8) is 0 Å². The molecule has 4 heterocycles. The lowest BCUT2D eigenvalue weighted by Crippen LogP contribution is -2.41. The summed E-state index contributed by atoms with van der Waals surface area (Å²) in [6.07, 6.45) is 2.41. The third kappa shape index (κ3) is 10.7. The summed E-state index contributed by atoms with van der Waals surface area (Å²) in [5.41, 5.74) is 19.5. The molecule has 0 unspecified atom stereocenters. The van der Waals surface area contributed by atoms with E-state index in [1.807, 2.05) is 92.2 Å². The van der Waals surface area contributed by atoms with E-state index < -0.39 is 17.6 Å². The molecule has 3 aromatic carbocycles. The summed E-state index contributed by atoms with van der Waals surface area (Å²) in [5.74, 6) is -0.0257. The molecule has 0 saturated carbocycles. The van der Waals surface area contributed by atoms with E-state index in [-0.39, 0.29) is 18.7 Å². The molecule has 17 heteroatoms. The van der Waals surface area contributed by atoms with Crippen molar-refractivity contribution < 1.29 is 19.4 Å². The number of anilines is 2. The monoisotopic (exact) mass is 864 g/mol. The first-order valence-corrected chi connectivity index (χ1v) is 19.4. The zero-order valence-corrected chi connectivity index (χ0v) is 35.6. The highest BCUT2D eigenvalue weighted by Crippen LogP contribution is 2.34. The van der Waals surface area contributed by atoms with Crippen LogP contribution in [0, 0.1) is 13.8 Å². The number of carboxylic acid groups (broad SMARTS) is 1. The Kier molecular flexibility index (Phi) is 14.0. The second-order valence-corrected chi connectivity index (χ2v) is 15.6. The average molecular weight is 866 g/mol. The Hall–Kier alpha value is -6.46. The van der Waals surface area contributed by atoms with Crippen molar-refractivity contribution in [1.82, 2.24) is 49.2 Å². The molecule has 0 saturated heterocycles. The molecule has 0 radical (unpaired) electrons. The molecule has 308 valence electrons. The minimum Gasteiger partial charge on any atom is -0.481 e. The maximum Gasteiger partial charge on any atom is 0.407 e. The zero-order chi connectivity index (χ0) is 42.9. The maximum atomic E-state index is 12.3. The lowest BCUT2D eigenvalue weighted by atomic mass is 10.1. The molecule has 0 aliphatic heterocycles. The number of nitrogen functional groups attached to an aromatic ring is 2. The van der Waals surface area contributed by atoms with Crippen molar-refractivity contribution >= 4 is 61.9 Å². The number of hydrogen-bond acceptors (Lipinski definition) is 12. The molecule has 4 aromatic heterocycles. The largest absolute Gasteiger partial charge is 0.481 e. The first kappa shape index (κ1) is 43.7. The molecule has 7 rings (SSSR count). The number of carbonyl (C=O) groups excluding carboxylic acids is 1. The van der Waals surface area contributed by atoms with Crippen molar-refractivity contribution in [3.8, 4) is 22.5 Å². The third-order valence-corrected chi connectivity index (χ3v) is 9.44. The Balaban J connectivity index is 0.000000215. The number of aliphatic carboxylic acids is 1. The minimum absolute atomic E-state index is 0.207. The van der Waals surface area contributed by atoms with Crippen LogP contribution in [0.5, 0.6) is 0 Å². The van der Waals surface area contributed by atoms with Gasteiger partial charge >= 0.3 is 6.09 Å². The molecule has 16 nitrogen and oxygen atoms in total. The number of carbonyl (C=O) groups is 2. The number of nitrogens with one attached hydrogen (secondary N) is 2. The molecule has 0 atom stereocenters. The molecule has 0 spiro atoms. The van der Waals surface area contributed by atoms with Gasteiger partial charge in [-0.3, -0.25) is 9.14 Å². The fourth-order valence-corrected chi connectivity index (χ4v) is 6.68. The second kappa shape index (κ2) is 18.9. The predicted octanol–water partition coefficient (Wildman–Crippen LogP) is 7.15. The number of carboxylic acids is 1. The van der Waals surface area contributed by atoms with Gasteiger partial charge in [-0.25, -0.2) is 34.1 Å². The summed E-state index contributed by atoms with van der Waals surface area (Å²) in [5, 5.41) is 21.4. The van der Waals surface area contributed by atoms with Crippen molar-refractivity contribution in [1.29, 1.82) is 0 Å². The number of amides is 1. The number of hydrogen-bond donors (Lipinski definition) is 5.